The van der Waals surface area contributed by atoms with Crippen molar-refractivity contribution in [1.29, 1.82) is 0 Å². The Kier molecular flexibility index (Phi) is 4.20. The van der Waals surface area contributed by atoms with Gasteiger partial charge in [0.05, 0.1) is 13.0 Å². The first-order chi connectivity index (χ1) is 9.10. The van der Waals surface area contributed by atoms with Gasteiger partial charge < -0.3 is 10.1 Å². The van der Waals surface area contributed by atoms with Crippen LogP contribution in [0.25, 0.3) is 0 Å². The smallest absolute Gasteiger partial charge is 0.308 e. The van der Waals surface area contributed by atoms with Gasteiger partial charge in [-0.05, 0) is 37.0 Å². The summed E-state index contributed by atoms with van der Waals surface area (Å²) >= 11 is 0. The van der Waals surface area contributed by atoms with Crippen LogP contribution in [0.15, 0.2) is 24.3 Å². The normalized spacial score (nSPS) is 15.7. The first-order valence-electron chi connectivity index (χ1n) is 6.57. The Morgan fingerprint density at radius 2 is 1.95 bits per heavy atom. The summed E-state index contributed by atoms with van der Waals surface area (Å²) in [5.41, 5.74) is 1.87. The summed E-state index contributed by atoms with van der Waals surface area (Å²) in [5, 5.41) is 2.89. The van der Waals surface area contributed by atoms with E-state index in [2.05, 4.69) is 5.32 Å². The molecule has 0 radical (unpaired) electrons. The standard InChI is InChI=1S/C15H19NO3/c1-10(15(18)19-2)9-11-3-7-13(8-4-11)16-14(17)12-5-6-12/h3-4,7-8,10,12H,5-6,9H2,1-2H3,(H,16,17)/t10-/m1/s1. The number of hydrogen-bond acceptors (Lipinski definition) is 3. The molecule has 1 aromatic carbocycles. The van der Waals surface area contributed by atoms with E-state index in [4.69, 9.17) is 4.74 Å². The fourth-order valence-corrected chi connectivity index (χ4v) is 1.95. The maximum atomic E-state index is 11.6. The van der Waals surface area contributed by atoms with Crippen LogP contribution < -0.4 is 5.32 Å². The van der Waals surface area contributed by atoms with E-state index in [-0.39, 0.29) is 23.7 Å². The second-order valence-electron chi connectivity index (χ2n) is 5.09. The predicted octanol–water partition coefficient (Wildman–Crippen LogP) is 2.39. The largest absolute Gasteiger partial charge is 0.469 e. The van der Waals surface area contributed by atoms with Crippen molar-refractivity contribution in [1.82, 2.24) is 0 Å². The maximum absolute atomic E-state index is 11.6. The van der Waals surface area contributed by atoms with Crippen molar-refractivity contribution < 1.29 is 14.3 Å². The van der Waals surface area contributed by atoms with Gasteiger partial charge in [-0.3, -0.25) is 9.59 Å². The number of hydrogen-bond donors (Lipinski definition) is 1. The summed E-state index contributed by atoms with van der Waals surface area (Å²) < 4.78 is 4.70. The molecule has 4 heteroatoms. The van der Waals surface area contributed by atoms with E-state index >= 15 is 0 Å². The zero-order valence-corrected chi connectivity index (χ0v) is 11.3. The van der Waals surface area contributed by atoms with Crippen molar-refractivity contribution in [3.8, 4) is 0 Å². The number of anilines is 1. The van der Waals surface area contributed by atoms with Crippen LogP contribution in [0.4, 0.5) is 5.69 Å². The van der Waals surface area contributed by atoms with Gasteiger partial charge in [0.15, 0.2) is 0 Å². The lowest BCUT2D eigenvalue weighted by molar-refractivity contribution is -0.144. The van der Waals surface area contributed by atoms with Crippen molar-refractivity contribution in [2.24, 2.45) is 11.8 Å². The molecule has 1 aliphatic carbocycles. The summed E-state index contributed by atoms with van der Waals surface area (Å²) in [6, 6.07) is 7.61. The zero-order valence-electron chi connectivity index (χ0n) is 11.3. The van der Waals surface area contributed by atoms with Crippen molar-refractivity contribution in [3.05, 3.63) is 29.8 Å². The van der Waals surface area contributed by atoms with Gasteiger partial charge >= 0.3 is 5.97 Å². The lowest BCUT2D eigenvalue weighted by atomic mass is 10.0. The van der Waals surface area contributed by atoms with E-state index in [0.29, 0.717) is 6.42 Å². The molecule has 0 saturated heterocycles. The van der Waals surface area contributed by atoms with Crippen LogP contribution in [-0.2, 0) is 20.7 Å². The van der Waals surface area contributed by atoms with Crippen LogP contribution in [0.5, 0.6) is 0 Å². The molecule has 2 rings (SSSR count). The number of esters is 1. The number of amides is 1. The Hall–Kier alpha value is -1.84. The molecule has 1 aromatic rings. The molecule has 1 atom stereocenters. The number of rotatable bonds is 5. The topological polar surface area (TPSA) is 55.4 Å². The number of nitrogens with one attached hydrogen (secondary N) is 1. The lowest BCUT2D eigenvalue weighted by Crippen LogP contribution is -2.15. The van der Waals surface area contributed by atoms with Crippen LogP contribution in [0, 0.1) is 11.8 Å². The third-order valence-electron chi connectivity index (χ3n) is 3.32. The van der Waals surface area contributed by atoms with E-state index in [0.717, 1.165) is 24.1 Å². The van der Waals surface area contributed by atoms with Crippen LogP contribution in [0.2, 0.25) is 0 Å². The van der Waals surface area contributed by atoms with Gasteiger partial charge in [0.25, 0.3) is 0 Å². The second-order valence-corrected chi connectivity index (χ2v) is 5.09. The first-order valence-corrected chi connectivity index (χ1v) is 6.57. The summed E-state index contributed by atoms with van der Waals surface area (Å²) in [5.74, 6) is -0.0438. The van der Waals surface area contributed by atoms with Crippen molar-refractivity contribution in [2.75, 3.05) is 12.4 Å². The lowest BCUT2D eigenvalue weighted by Gasteiger charge is -2.10. The van der Waals surface area contributed by atoms with Crippen LogP contribution in [0.3, 0.4) is 0 Å². The second kappa shape index (κ2) is 5.87. The summed E-state index contributed by atoms with van der Waals surface area (Å²) in [6.45, 7) is 1.84. The highest BCUT2D eigenvalue weighted by Crippen LogP contribution is 2.30. The molecule has 0 aromatic heterocycles. The van der Waals surface area contributed by atoms with Crippen LogP contribution in [-0.4, -0.2) is 19.0 Å². The Balaban J connectivity index is 1.90. The molecular weight excluding hydrogens is 242 g/mol. The molecule has 4 nitrogen and oxygen atoms in total. The van der Waals surface area contributed by atoms with Crippen molar-refractivity contribution >= 4 is 17.6 Å². The highest BCUT2D eigenvalue weighted by atomic mass is 16.5. The molecule has 102 valence electrons. The fourth-order valence-electron chi connectivity index (χ4n) is 1.95. The molecule has 1 fully saturated rings. The quantitative estimate of drug-likeness (QED) is 0.828. The minimum absolute atomic E-state index is 0.107. The van der Waals surface area contributed by atoms with Crippen LogP contribution >= 0.6 is 0 Å². The molecule has 0 unspecified atom stereocenters. The number of carbonyl (C=O) groups is 2. The van der Waals surface area contributed by atoms with E-state index < -0.39 is 0 Å². The minimum Gasteiger partial charge on any atom is -0.469 e. The number of methoxy groups -OCH3 is 1. The molecule has 0 aliphatic heterocycles. The molecule has 1 N–H and O–H groups in total. The minimum atomic E-state index is -0.203. The van der Waals surface area contributed by atoms with Crippen molar-refractivity contribution in [2.45, 2.75) is 26.2 Å². The average molecular weight is 261 g/mol. The summed E-state index contributed by atoms with van der Waals surface area (Å²) in [6.07, 6.45) is 2.64. The Labute approximate surface area is 113 Å². The van der Waals surface area contributed by atoms with Gasteiger partial charge in [-0.25, -0.2) is 0 Å². The highest BCUT2D eigenvalue weighted by Gasteiger charge is 2.29. The fraction of sp³-hybridized carbons (Fsp3) is 0.467. The highest BCUT2D eigenvalue weighted by molar-refractivity contribution is 5.94. The maximum Gasteiger partial charge on any atom is 0.308 e. The average Bonchev–Trinajstić information content (AvgIpc) is 3.24. The molecule has 0 spiro atoms. The van der Waals surface area contributed by atoms with Gasteiger partial charge in [0.1, 0.15) is 0 Å². The number of carbonyl (C=O) groups excluding carboxylic acids is 2. The Morgan fingerprint density at radius 3 is 2.47 bits per heavy atom. The van der Waals surface area contributed by atoms with Gasteiger partial charge in [-0.2, -0.15) is 0 Å². The van der Waals surface area contributed by atoms with E-state index in [9.17, 15) is 9.59 Å². The van der Waals surface area contributed by atoms with Crippen molar-refractivity contribution in [3.63, 3.8) is 0 Å². The van der Waals surface area contributed by atoms with E-state index in [1.54, 1.807) is 0 Å². The third kappa shape index (κ3) is 3.81. The van der Waals surface area contributed by atoms with Crippen LogP contribution in [0.1, 0.15) is 25.3 Å². The molecule has 19 heavy (non-hydrogen) atoms. The first kappa shape index (κ1) is 13.6. The summed E-state index contributed by atoms with van der Waals surface area (Å²) in [4.78, 5) is 22.9. The predicted molar refractivity (Wildman–Crippen MR) is 72.7 cm³/mol. The zero-order chi connectivity index (χ0) is 13.8. The molecule has 1 aliphatic rings. The number of ether oxygens (including phenoxy) is 1. The van der Waals surface area contributed by atoms with Gasteiger partial charge in [-0.1, -0.05) is 19.1 Å². The molecule has 0 bridgehead atoms. The van der Waals surface area contributed by atoms with Gasteiger partial charge in [0.2, 0.25) is 5.91 Å². The third-order valence-corrected chi connectivity index (χ3v) is 3.32. The van der Waals surface area contributed by atoms with E-state index in [1.807, 2.05) is 31.2 Å². The summed E-state index contributed by atoms with van der Waals surface area (Å²) in [7, 11) is 1.40. The molecule has 1 amide bonds. The Morgan fingerprint density at radius 1 is 1.32 bits per heavy atom. The molecular formula is C15H19NO3. The van der Waals surface area contributed by atoms with Gasteiger partial charge in [0, 0.05) is 11.6 Å². The molecule has 0 heterocycles. The monoisotopic (exact) mass is 261 g/mol. The van der Waals surface area contributed by atoms with Gasteiger partial charge in [-0.15, -0.1) is 0 Å². The van der Waals surface area contributed by atoms with E-state index in [1.165, 1.54) is 7.11 Å². The Bertz CT molecular complexity index is 463. The number of benzene rings is 1. The molecule has 1 saturated carbocycles. The SMILES string of the molecule is COC(=O)[C@H](C)Cc1ccc(NC(=O)C2CC2)cc1.